The molecule has 88 valence electrons. The topological polar surface area (TPSA) is 37.8 Å². The van der Waals surface area contributed by atoms with Crippen molar-refractivity contribution in [2.24, 2.45) is 0 Å². The molecule has 1 N–H and O–H groups in total. The van der Waals surface area contributed by atoms with Gasteiger partial charge >= 0.3 is 0 Å². The molecule has 0 radical (unpaired) electrons. The maximum Gasteiger partial charge on any atom is 0.142 e. The molecule has 1 aromatic carbocycles. The Balaban J connectivity index is 1.99. The highest BCUT2D eigenvalue weighted by molar-refractivity contribution is 5.76. The zero-order valence-corrected chi connectivity index (χ0v) is 10.0. The van der Waals surface area contributed by atoms with Crippen molar-refractivity contribution in [3.05, 3.63) is 58.9 Å². The predicted octanol–water partition coefficient (Wildman–Crippen LogP) is 3.00. The summed E-state index contributed by atoms with van der Waals surface area (Å²) >= 11 is 0. The molecule has 1 aromatic heterocycles. The van der Waals surface area contributed by atoms with Gasteiger partial charge in [-0.2, -0.15) is 0 Å². The summed E-state index contributed by atoms with van der Waals surface area (Å²) in [6.07, 6.45) is 10.5. The van der Waals surface area contributed by atoms with Crippen LogP contribution in [0.15, 0.2) is 42.1 Å². The Kier molecular flexibility index (Phi) is 2.73. The van der Waals surface area contributed by atoms with Crippen LogP contribution in [0.25, 0.3) is 12.2 Å². The summed E-state index contributed by atoms with van der Waals surface area (Å²) in [6, 6.07) is 7.62. The molecule has 19 heavy (non-hydrogen) atoms. The molecule has 3 rings (SSSR count). The lowest BCUT2D eigenvalue weighted by molar-refractivity contribution is 1.14. The van der Waals surface area contributed by atoms with Crippen LogP contribution in [0.4, 0.5) is 11.5 Å². The van der Waals surface area contributed by atoms with Crippen LogP contribution in [0.2, 0.25) is 0 Å². The van der Waals surface area contributed by atoms with Crippen molar-refractivity contribution in [1.29, 1.82) is 0 Å². The fourth-order valence-corrected chi connectivity index (χ4v) is 1.81. The first-order chi connectivity index (χ1) is 9.36. The average Bonchev–Trinajstić information content (AvgIpc) is 2.48. The van der Waals surface area contributed by atoms with Gasteiger partial charge in [-0.3, -0.25) is 0 Å². The number of aromatic nitrogens is 2. The van der Waals surface area contributed by atoms with Crippen LogP contribution in [0.1, 0.15) is 16.8 Å². The molecular weight excluding hydrogens is 234 g/mol. The zero-order chi connectivity index (χ0) is 13.1. The second kappa shape index (κ2) is 4.68. The molecule has 0 amide bonds. The van der Waals surface area contributed by atoms with Gasteiger partial charge in [-0.25, -0.2) is 9.97 Å². The Hall–Kier alpha value is -3.04. The summed E-state index contributed by atoms with van der Waals surface area (Å²) in [4.78, 5) is 8.43. The number of benzene rings is 1. The highest BCUT2D eigenvalue weighted by atomic mass is 15.0. The monoisotopic (exact) mass is 243 g/mol. The minimum atomic E-state index is 0.726. The number of hydrogen-bond donors (Lipinski definition) is 1. The Labute approximate surface area is 111 Å². The predicted molar refractivity (Wildman–Crippen MR) is 75.6 cm³/mol. The second-order valence-corrected chi connectivity index (χ2v) is 3.95. The van der Waals surface area contributed by atoms with Crippen LogP contribution in [0.5, 0.6) is 0 Å². The van der Waals surface area contributed by atoms with Gasteiger partial charge in [-0.05, 0) is 18.2 Å². The molecule has 0 saturated heterocycles. The van der Waals surface area contributed by atoms with Crippen molar-refractivity contribution in [3.63, 3.8) is 0 Å². The van der Waals surface area contributed by atoms with Gasteiger partial charge in [-0.15, -0.1) is 6.42 Å². The molecule has 0 atom stereocenters. The Morgan fingerprint density at radius 3 is 2.95 bits per heavy atom. The van der Waals surface area contributed by atoms with Crippen LogP contribution < -0.4 is 5.32 Å². The molecular formula is C16H9N3. The normalized spacial score (nSPS) is 10.9. The van der Waals surface area contributed by atoms with Crippen LogP contribution in [0.3, 0.4) is 0 Å². The summed E-state index contributed by atoms with van der Waals surface area (Å²) < 4.78 is 0. The fraction of sp³-hybridized carbons (Fsp3) is 0. The third kappa shape index (κ3) is 2.18. The third-order valence-corrected chi connectivity index (χ3v) is 2.72. The largest absolute Gasteiger partial charge is 0.340 e. The van der Waals surface area contributed by atoms with Gasteiger partial charge in [0.2, 0.25) is 0 Å². The van der Waals surface area contributed by atoms with Crippen molar-refractivity contribution >= 4 is 23.7 Å². The summed E-state index contributed by atoms with van der Waals surface area (Å²) in [5.74, 6) is 3.33. The van der Waals surface area contributed by atoms with Gasteiger partial charge in [0.05, 0.1) is 11.3 Å². The molecule has 0 saturated carbocycles. The second-order valence-electron chi connectivity index (χ2n) is 3.95. The lowest BCUT2D eigenvalue weighted by Gasteiger charge is -2.10. The summed E-state index contributed by atoms with van der Waals surface area (Å²) in [5.41, 5.74) is 9.22. The lowest BCUT2D eigenvalue weighted by Crippen LogP contribution is -2.00. The Bertz CT molecular complexity index is 784. The minimum Gasteiger partial charge on any atom is -0.340 e. The van der Waals surface area contributed by atoms with Gasteiger partial charge in [0.25, 0.3) is 0 Å². The van der Waals surface area contributed by atoms with Crippen molar-refractivity contribution in [3.8, 4) is 12.3 Å². The van der Waals surface area contributed by atoms with E-state index in [0.717, 1.165) is 28.3 Å². The molecule has 0 fully saturated rings. The first kappa shape index (κ1) is 11.1. The standard InChI is InChI=1S/C16H9N3/c1-2-12-6-5-7-13(10-12)19-16-14-8-3-4-9-15(14)17-11-18-16/h1,5-11H,(H,17,18,19). The van der Waals surface area contributed by atoms with Crippen LogP contribution in [0, 0.1) is 12.3 Å². The van der Waals surface area contributed by atoms with E-state index in [1.54, 1.807) is 6.08 Å². The van der Waals surface area contributed by atoms with Gasteiger partial charge in [0, 0.05) is 23.4 Å². The van der Waals surface area contributed by atoms with Gasteiger partial charge < -0.3 is 5.32 Å². The van der Waals surface area contributed by atoms with Crippen molar-refractivity contribution in [2.75, 3.05) is 5.32 Å². The number of terminal acetylenes is 1. The number of fused-ring (bicyclic) bond motifs is 1. The van der Waals surface area contributed by atoms with Crippen molar-refractivity contribution < 1.29 is 0 Å². The number of nitrogens with one attached hydrogen (secondary N) is 1. The maximum atomic E-state index is 5.39. The van der Waals surface area contributed by atoms with Crippen LogP contribution in [-0.2, 0) is 0 Å². The molecule has 1 aliphatic rings. The molecule has 1 aliphatic carbocycles. The molecule has 0 unspecified atom stereocenters. The van der Waals surface area contributed by atoms with Gasteiger partial charge in [-0.1, -0.05) is 23.4 Å². The molecule has 2 aromatic rings. The number of nitrogens with zero attached hydrogens (tertiary/aromatic N) is 2. The number of anilines is 2. The lowest BCUT2D eigenvalue weighted by atomic mass is 10.1. The summed E-state index contributed by atoms with van der Waals surface area (Å²) in [6.45, 7) is 0. The van der Waals surface area contributed by atoms with Crippen molar-refractivity contribution in [1.82, 2.24) is 9.97 Å². The van der Waals surface area contributed by atoms with E-state index >= 15 is 0 Å². The van der Waals surface area contributed by atoms with E-state index < -0.39 is 0 Å². The van der Waals surface area contributed by atoms with E-state index in [2.05, 4.69) is 32.7 Å². The summed E-state index contributed by atoms with van der Waals surface area (Å²) in [5, 5.41) is 3.24. The molecule has 0 spiro atoms. The van der Waals surface area contributed by atoms with E-state index in [0.29, 0.717) is 0 Å². The first-order valence-electron chi connectivity index (χ1n) is 5.73. The minimum absolute atomic E-state index is 0.726. The zero-order valence-electron chi connectivity index (χ0n) is 10.0. The molecule has 1 heterocycles. The Morgan fingerprint density at radius 2 is 2.05 bits per heavy atom. The quantitative estimate of drug-likeness (QED) is 0.555. The summed E-state index contributed by atoms with van der Waals surface area (Å²) in [7, 11) is 0. The van der Waals surface area contributed by atoms with E-state index in [1.165, 1.54) is 6.33 Å². The van der Waals surface area contributed by atoms with Gasteiger partial charge in [0.15, 0.2) is 0 Å². The van der Waals surface area contributed by atoms with Crippen LogP contribution >= 0.6 is 0 Å². The van der Waals surface area contributed by atoms with E-state index in [9.17, 15) is 0 Å². The molecule has 0 bridgehead atoms. The maximum absolute atomic E-state index is 5.39. The number of hydrogen-bond acceptors (Lipinski definition) is 3. The fourth-order valence-electron chi connectivity index (χ4n) is 1.81. The van der Waals surface area contributed by atoms with E-state index in [-0.39, 0.29) is 0 Å². The number of rotatable bonds is 2. The highest BCUT2D eigenvalue weighted by Gasteiger charge is 2.08. The first-order valence-corrected chi connectivity index (χ1v) is 5.73. The molecule has 3 heteroatoms. The SMILES string of the molecule is C#Cc1cccc(Nc2ncnc3c2C=C=C=C3)c1. The smallest absolute Gasteiger partial charge is 0.142 e. The average molecular weight is 243 g/mol. The van der Waals surface area contributed by atoms with Gasteiger partial charge in [0.1, 0.15) is 12.1 Å². The van der Waals surface area contributed by atoms with E-state index in [4.69, 9.17) is 6.42 Å². The Morgan fingerprint density at radius 1 is 1.16 bits per heavy atom. The molecule has 0 aliphatic heterocycles. The van der Waals surface area contributed by atoms with Crippen LogP contribution in [-0.4, -0.2) is 9.97 Å². The van der Waals surface area contributed by atoms with Crippen molar-refractivity contribution in [2.45, 2.75) is 0 Å². The molecule has 3 nitrogen and oxygen atoms in total. The highest BCUT2D eigenvalue weighted by Crippen LogP contribution is 2.23. The third-order valence-electron chi connectivity index (χ3n) is 2.72. The van der Waals surface area contributed by atoms with E-state index in [1.807, 2.05) is 30.3 Å².